The van der Waals surface area contributed by atoms with Gasteiger partial charge in [-0.3, -0.25) is 0 Å². The smallest absolute Gasteiger partial charge is 0.191 e. The lowest BCUT2D eigenvalue weighted by molar-refractivity contribution is 0.249. The summed E-state index contributed by atoms with van der Waals surface area (Å²) in [7, 11) is 4.28. The van der Waals surface area contributed by atoms with Gasteiger partial charge in [0.2, 0.25) is 0 Å². The second-order valence-corrected chi connectivity index (χ2v) is 6.23. The zero-order chi connectivity index (χ0) is 15.8. The van der Waals surface area contributed by atoms with E-state index in [0.29, 0.717) is 6.54 Å². The van der Waals surface area contributed by atoms with Crippen molar-refractivity contribution in [2.75, 3.05) is 26.7 Å². The summed E-state index contributed by atoms with van der Waals surface area (Å²) in [5.74, 6) is 0.908. The molecule has 0 bridgehead atoms. The summed E-state index contributed by atoms with van der Waals surface area (Å²) in [6.45, 7) is 5.71. The third-order valence-electron chi connectivity index (χ3n) is 4.36. The third kappa shape index (κ3) is 7.12. The van der Waals surface area contributed by atoms with Crippen molar-refractivity contribution in [1.29, 1.82) is 0 Å². The van der Waals surface area contributed by atoms with Crippen molar-refractivity contribution in [2.24, 2.45) is 12.0 Å². The average Bonchev–Trinajstić information content (AvgIpc) is 3.16. The summed E-state index contributed by atoms with van der Waals surface area (Å²) >= 11 is 0. The minimum Gasteiger partial charge on any atom is -0.357 e. The summed E-state index contributed by atoms with van der Waals surface area (Å²) < 4.78 is 2.06. The predicted octanol–water partition coefficient (Wildman–Crippen LogP) is 2.57. The Morgan fingerprint density at radius 2 is 2.09 bits per heavy atom. The summed E-state index contributed by atoms with van der Waals surface area (Å²) in [6, 6.07) is 2.90. The van der Waals surface area contributed by atoms with Crippen LogP contribution in [0.15, 0.2) is 23.5 Å². The number of aryl methyl sites for hydroxylation is 1. The molecule has 0 aliphatic heterocycles. The Labute approximate surface area is 157 Å². The Hall–Kier alpha value is -0.760. The maximum atomic E-state index is 4.65. The second-order valence-electron chi connectivity index (χ2n) is 6.23. The topological polar surface area (TPSA) is 44.6 Å². The van der Waals surface area contributed by atoms with Gasteiger partial charge in [0, 0.05) is 45.1 Å². The van der Waals surface area contributed by atoms with Crippen LogP contribution in [-0.2, 0) is 13.6 Å². The maximum Gasteiger partial charge on any atom is 0.191 e. The van der Waals surface area contributed by atoms with Gasteiger partial charge in [0.25, 0.3) is 0 Å². The lowest BCUT2D eigenvalue weighted by atomic mass is 10.2. The van der Waals surface area contributed by atoms with Gasteiger partial charge < -0.3 is 20.1 Å². The van der Waals surface area contributed by atoms with Gasteiger partial charge in [-0.05, 0) is 38.4 Å². The molecule has 0 spiro atoms. The largest absolute Gasteiger partial charge is 0.357 e. The van der Waals surface area contributed by atoms with Crippen molar-refractivity contribution in [3.63, 3.8) is 0 Å². The standard InChI is InChI=1S/C17H31N5.HI/c1-4-18-17(20-13-15-9-11-21(2)14-15)19-10-12-22(3)16-7-5-6-8-16;/h9,11,14,16H,4-8,10,12-13H2,1-3H3,(H2,18,19,20);1H. The van der Waals surface area contributed by atoms with Crippen molar-refractivity contribution in [3.05, 3.63) is 24.0 Å². The second kappa shape index (κ2) is 10.9. The molecule has 23 heavy (non-hydrogen) atoms. The lowest BCUT2D eigenvalue weighted by Crippen LogP contribution is -2.42. The van der Waals surface area contributed by atoms with E-state index in [1.807, 2.05) is 7.05 Å². The number of aliphatic imine (C=N–C) groups is 1. The van der Waals surface area contributed by atoms with E-state index in [2.05, 4.69) is 57.5 Å². The summed E-state index contributed by atoms with van der Waals surface area (Å²) in [6.07, 6.45) is 9.67. The SMILES string of the molecule is CCNC(=NCc1ccn(C)c1)NCCN(C)C1CCCC1.I. The van der Waals surface area contributed by atoms with Gasteiger partial charge in [0.1, 0.15) is 0 Å². The van der Waals surface area contributed by atoms with E-state index in [-0.39, 0.29) is 24.0 Å². The van der Waals surface area contributed by atoms with E-state index < -0.39 is 0 Å². The molecule has 2 rings (SSSR count). The van der Waals surface area contributed by atoms with Crippen LogP contribution in [0.1, 0.15) is 38.2 Å². The van der Waals surface area contributed by atoms with Gasteiger partial charge in [-0.1, -0.05) is 12.8 Å². The number of hydrogen-bond donors (Lipinski definition) is 2. The Bertz CT molecular complexity index is 465. The highest BCUT2D eigenvalue weighted by atomic mass is 127. The third-order valence-corrected chi connectivity index (χ3v) is 4.36. The van der Waals surface area contributed by atoms with E-state index in [4.69, 9.17) is 0 Å². The van der Waals surface area contributed by atoms with Gasteiger partial charge in [-0.2, -0.15) is 0 Å². The van der Waals surface area contributed by atoms with Crippen molar-refractivity contribution in [3.8, 4) is 0 Å². The molecule has 0 radical (unpaired) electrons. The van der Waals surface area contributed by atoms with E-state index in [1.54, 1.807) is 0 Å². The van der Waals surface area contributed by atoms with Crippen molar-refractivity contribution >= 4 is 29.9 Å². The lowest BCUT2D eigenvalue weighted by Gasteiger charge is -2.24. The molecule has 2 N–H and O–H groups in total. The number of guanidine groups is 1. The number of hydrogen-bond acceptors (Lipinski definition) is 2. The van der Waals surface area contributed by atoms with Gasteiger partial charge in [-0.15, -0.1) is 24.0 Å². The van der Waals surface area contributed by atoms with Crippen molar-refractivity contribution < 1.29 is 0 Å². The number of likely N-dealkylation sites (N-methyl/N-ethyl adjacent to an activating group) is 1. The molecule has 1 aliphatic rings. The normalized spacial score (nSPS) is 15.7. The number of rotatable bonds is 7. The fraction of sp³-hybridized carbons (Fsp3) is 0.706. The Balaban J connectivity index is 0.00000264. The first-order valence-corrected chi connectivity index (χ1v) is 8.52. The number of nitrogens with one attached hydrogen (secondary N) is 2. The summed E-state index contributed by atoms with van der Waals surface area (Å²) in [4.78, 5) is 7.14. The molecule has 1 aromatic rings. The summed E-state index contributed by atoms with van der Waals surface area (Å²) in [5, 5.41) is 6.76. The molecule has 0 aromatic carbocycles. The summed E-state index contributed by atoms with van der Waals surface area (Å²) in [5.41, 5.74) is 1.24. The number of aromatic nitrogens is 1. The molecule has 0 saturated heterocycles. The van der Waals surface area contributed by atoms with Crippen LogP contribution in [0, 0.1) is 0 Å². The molecule has 1 aliphatic carbocycles. The molecular weight excluding hydrogens is 401 g/mol. The molecule has 1 heterocycles. The van der Waals surface area contributed by atoms with Crippen molar-refractivity contribution in [2.45, 2.75) is 45.2 Å². The molecule has 5 nitrogen and oxygen atoms in total. The monoisotopic (exact) mass is 433 g/mol. The van der Waals surface area contributed by atoms with Crippen LogP contribution in [-0.4, -0.2) is 48.2 Å². The van der Waals surface area contributed by atoms with Crippen LogP contribution >= 0.6 is 24.0 Å². The molecular formula is C17H32IN5. The first kappa shape index (κ1) is 20.3. The average molecular weight is 433 g/mol. The Kier molecular flexibility index (Phi) is 9.62. The van der Waals surface area contributed by atoms with Crippen LogP contribution in [0.25, 0.3) is 0 Å². The van der Waals surface area contributed by atoms with Crippen LogP contribution in [0.5, 0.6) is 0 Å². The highest BCUT2D eigenvalue weighted by molar-refractivity contribution is 14.0. The van der Waals surface area contributed by atoms with Crippen LogP contribution in [0.4, 0.5) is 0 Å². The first-order chi connectivity index (χ1) is 10.7. The van der Waals surface area contributed by atoms with E-state index in [9.17, 15) is 0 Å². The van der Waals surface area contributed by atoms with E-state index >= 15 is 0 Å². The number of halogens is 1. The van der Waals surface area contributed by atoms with Gasteiger partial charge in [0.05, 0.1) is 6.54 Å². The zero-order valence-electron chi connectivity index (χ0n) is 14.7. The van der Waals surface area contributed by atoms with E-state index in [0.717, 1.165) is 31.6 Å². The molecule has 6 heteroatoms. The Morgan fingerprint density at radius 3 is 2.70 bits per heavy atom. The minimum absolute atomic E-state index is 0. The van der Waals surface area contributed by atoms with Gasteiger partial charge >= 0.3 is 0 Å². The highest BCUT2D eigenvalue weighted by Gasteiger charge is 2.18. The first-order valence-electron chi connectivity index (χ1n) is 8.52. The maximum absolute atomic E-state index is 4.65. The van der Waals surface area contributed by atoms with Crippen molar-refractivity contribution in [1.82, 2.24) is 20.1 Å². The molecule has 0 amide bonds. The number of nitrogens with zero attached hydrogens (tertiary/aromatic N) is 3. The fourth-order valence-corrected chi connectivity index (χ4v) is 3.04. The molecule has 0 unspecified atom stereocenters. The molecule has 132 valence electrons. The molecule has 1 saturated carbocycles. The van der Waals surface area contributed by atoms with Crippen LogP contribution in [0.3, 0.4) is 0 Å². The van der Waals surface area contributed by atoms with E-state index in [1.165, 1.54) is 31.2 Å². The Morgan fingerprint density at radius 1 is 1.35 bits per heavy atom. The molecule has 1 aromatic heterocycles. The van der Waals surface area contributed by atoms with Crippen LogP contribution in [0.2, 0.25) is 0 Å². The predicted molar refractivity (Wildman–Crippen MR) is 109 cm³/mol. The molecule has 1 fully saturated rings. The van der Waals surface area contributed by atoms with Crippen LogP contribution < -0.4 is 10.6 Å². The quantitative estimate of drug-likeness (QED) is 0.395. The zero-order valence-corrected chi connectivity index (χ0v) is 17.0. The van der Waals surface area contributed by atoms with Gasteiger partial charge in [0.15, 0.2) is 5.96 Å². The fourth-order valence-electron chi connectivity index (χ4n) is 3.04. The van der Waals surface area contributed by atoms with Gasteiger partial charge in [-0.25, -0.2) is 4.99 Å². The highest BCUT2D eigenvalue weighted by Crippen LogP contribution is 2.21. The minimum atomic E-state index is 0. The molecule has 0 atom stereocenters.